The van der Waals surface area contributed by atoms with E-state index in [-0.39, 0.29) is 30.9 Å². The zero-order valence-corrected chi connectivity index (χ0v) is 22.5. The summed E-state index contributed by atoms with van der Waals surface area (Å²) in [5.41, 5.74) is 2.09. The summed E-state index contributed by atoms with van der Waals surface area (Å²) >= 11 is 7.78. The number of benzene rings is 1. The van der Waals surface area contributed by atoms with Crippen molar-refractivity contribution in [2.45, 2.75) is 36.2 Å². The standard InChI is InChI=1S/C25H27ClFN5O3S.ClH/c1-35-14-2-3-19-16(8-14)15(4-6-28-19)22(33)12-32-7-5-20(18(27)11-32)29-10-21-17(26)9-23-25(30-21)31-24(34)13-36-23;/h2-4,6,8-9,18,20,22,29,33H,5,7,10-13H2,1H3,(H,30,31,34);1H/t18-,20+,22+;/m1./s1. The minimum absolute atomic E-state index is 0. The Kier molecular flexibility index (Phi) is 9.10. The van der Waals surface area contributed by atoms with Crippen molar-refractivity contribution in [3.8, 4) is 5.75 Å². The number of methoxy groups -OCH3 is 1. The second-order valence-electron chi connectivity index (χ2n) is 8.95. The molecule has 0 aliphatic carbocycles. The van der Waals surface area contributed by atoms with Gasteiger partial charge in [0.2, 0.25) is 5.91 Å². The number of ether oxygens (including phenoxy) is 1. The maximum atomic E-state index is 15.1. The highest BCUT2D eigenvalue weighted by molar-refractivity contribution is 8.00. The highest BCUT2D eigenvalue weighted by Crippen LogP contribution is 2.33. The van der Waals surface area contributed by atoms with Gasteiger partial charge < -0.3 is 20.5 Å². The predicted molar refractivity (Wildman–Crippen MR) is 146 cm³/mol. The number of rotatable bonds is 7. The molecule has 198 valence electrons. The fourth-order valence-electron chi connectivity index (χ4n) is 4.64. The van der Waals surface area contributed by atoms with E-state index in [1.807, 2.05) is 23.1 Å². The molecule has 5 rings (SSSR count). The van der Waals surface area contributed by atoms with E-state index < -0.39 is 12.3 Å². The molecule has 3 aromatic rings. The number of likely N-dealkylation sites (tertiary alicyclic amines) is 1. The van der Waals surface area contributed by atoms with Crippen molar-refractivity contribution >= 4 is 58.4 Å². The van der Waals surface area contributed by atoms with Gasteiger partial charge in [-0.25, -0.2) is 9.37 Å². The van der Waals surface area contributed by atoms with E-state index in [4.69, 9.17) is 16.3 Å². The number of alkyl halides is 1. The van der Waals surface area contributed by atoms with Crippen LogP contribution in [0.3, 0.4) is 0 Å². The van der Waals surface area contributed by atoms with Gasteiger partial charge in [0.1, 0.15) is 17.7 Å². The molecular formula is C25H28Cl2FN5O3S. The molecule has 0 spiro atoms. The van der Waals surface area contributed by atoms with Crippen LogP contribution in [0, 0.1) is 0 Å². The summed E-state index contributed by atoms with van der Waals surface area (Å²) in [6.45, 7) is 1.46. The summed E-state index contributed by atoms with van der Waals surface area (Å²) < 4.78 is 20.4. The summed E-state index contributed by atoms with van der Waals surface area (Å²) in [6, 6.07) is 8.78. The van der Waals surface area contributed by atoms with Gasteiger partial charge in [-0.3, -0.25) is 14.7 Å². The number of aromatic nitrogens is 2. The Morgan fingerprint density at radius 1 is 1.38 bits per heavy atom. The number of halogens is 3. The molecule has 0 unspecified atom stereocenters. The number of hydrogen-bond donors (Lipinski definition) is 3. The molecular weight excluding hydrogens is 540 g/mol. The first-order chi connectivity index (χ1) is 17.4. The molecule has 1 amide bonds. The summed E-state index contributed by atoms with van der Waals surface area (Å²) in [6.07, 6.45) is 0.345. The van der Waals surface area contributed by atoms with Crippen molar-refractivity contribution in [2.24, 2.45) is 0 Å². The Balaban J connectivity index is 0.00000320. The number of nitrogens with zero attached hydrogens (tertiary/aromatic N) is 3. The number of anilines is 1. The minimum atomic E-state index is -1.12. The zero-order valence-electron chi connectivity index (χ0n) is 20.1. The minimum Gasteiger partial charge on any atom is -0.497 e. The molecule has 1 fully saturated rings. The molecule has 2 aromatic heterocycles. The number of thioether (sulfide) groups is 1. The summed E-state index contributed by atoms with van der Waals surface area (Å²) in [5.74, 6) is 1.43. The van der Waals surface area contributed by atoms with Gasteiger partial charge in [0.05, 0.1) is 40.1 Å². The number of aliphatic hydroxyl groups is 1. The van der Waals surface area contributed by atoms with Crippen molar-refractivity contribution in [2.75, 3.05) is 37.8 Å². The smallest absolute Gasteiger partial charge is 0.235 e. The van der Waals surface area contributed by atoms with Gasteiger partial charge in [-0.05, 0) is 48.9 Å². The monoisotopic (exact) mass is 567 g/mol. The topological polar surface area (TPSA) is 99.6 Å². The van der Waals surface area contributed by atoms with Crippen molar-refractivity contribution in [1.29, 1.82) is 0 Å². The van der Waals surface area contributed by atoms with Crippen LogP contribution in [-0.2, 0) is 11.3 Å². The lowest BCUT2D eigenvalue weighted by atomic mass is 10.00. The van der Waals surface area contributed by atoms with Crippen LogP contribution in [0.1, 0.15) is 23.8 Å². The fraction of sp³-hybridized carbons (Fsp3) is 0.400. The second kappa shape index (κ2) is 12.1. The lowest BCUT2D eigenvalue weighted by Crippen LogP contribution is -2.51. The van der Waals surface area contributed by atoms with E-state index in [2.05, 4.69) is 20.6 Å². The van der Waals surface area contributed by atoms with Gasteiger partial charge >= 0.3 is 0 Å². The van der Waals surface area contributed by atoms with Gasteiger partial charge in [-0.15, -0.1) is 24.2 Å². The van der Waals surface area contributed by atoms with Crippen LogP contribution in [0.25, 0.3) is 10.9 Å². The van der Waals surface area contributed by atoms with Crippen LogP contribution in [0.5, 0.6) is 5.75 Å². The van der Waals surface area contributed by atoms with Crippen molar-refractivity contribution in [3.63, 3.8) is 0 Å². The molecule has 0 bridgehead atoms. The van der Waals surface area contributed by atoms with Crippen LogP contribution in [-0.4, -0.2) is 70.6 Å². The average molecular weight is 569 g/mol. The maximum absolute atomic E-state index is 15.1. The molecule has 0 radical (unpaired) electrons. The highest BCUT2D eigenvalue weighted by atomic mass is 35.5. The molecule has 3 atom stereocenters. The first kappa shape index (κ1) is 27.8. The largest absolute Gasteiger partial charge is 0.497 e. The summed E-state index contributed by atoms with van der Waals surface area (Å²) in [7, 11) is 1.60. The number of piperidine rings is 1. The SMILES string of the molecule is COc1ccc2nccc([C@@H](O)CN3CC[C@H](NCc4nc5c(cc4Cl)SCC(=O)N5)[C@H](F)C3)c2c1.Cl. The third kappa shape index (κ3) is 6.27. The number of carbonyl (C=O) groups excluding carboxylic acids is 1. The van der Waals surface area contributed by atoms with E-state index in [0.29, 0.717) is 54.1 Å². The Labute approximate surface area is 229 Å². The third-order valence-electron chi connectivity index (χ3n) is 6.56. The van der Waals surface area contributed by atoms with Crippen LogP contribution in [0.4, 0.5) is 10.2 Å². The molecule has 12 heteroatoms. The number of pyridine rings is 2. The maximum Gasteiger partial charge on any atom is 0.235 e. The average Bonchev–Trinajstić information content (AvgIpc) is 2.87. The van der Waals surface area contributed by atoms with Crippen LogP contribution < -0.4 is 15.4 Å². The molecule has 1 aromatic carbocycles. The second-order valence-corrected chi connectivity index (χ2v) is 10.4. The van der Waals surface area contributed by atoms with Gasteiger partial charge in [0.15, 0.2) is 0 Å². The van der Waals surface area contributed by atoms with E-state index in [1.54, 1.807) is 25.4 Å². The number of fused-ring (bicyclic) bond motifs is 2. The normalized spacial score (nSPS) is 20.6. The number of β-amino-alcohol motifs (C(OH)–C–C–N with tert-alkyl or cyclic N) is 1. The van der Waals surface area contributed by atoms with Crippen molar-refractivity contribution < 1.29 is 19.0 Å². The van der Waals surface area contributed by atoms with Gasteiger partial charge in [0.25, 0.3) is 0 Å². The Hall–Kier alpha value is -2.21. The van der Waals surface area contributed by atoms with Crippen molar-refractivity contribution in [1.82, 2.24) is 20.2 Å². The molecule has 3 N–H and O–H groups in total. The Morgan fingerprint density at radius 3 is 3.00 bits per heavy atom. The van der Waals surface area contributed by atoms with E-state index in [9.17, 15) is 9.90 Å². The Morgan fingerprint density at radius 2 is 2.22 bits per heavy atom. The van der Waals surface area contributed by atoms with Gasteiger partial charge in [0, 0.05) is 37.3 Å². The third-order valence-corrected chi connectivity index (χ3v) is 7.92. The Bertz CT molecular complexity index is 1290. The summed E-state index contributed by atoms with van der Waals surface area (Å²) in [5, 5.41) is 18.3. The van der Waals surface area contributed by atoms with E-state index >= 15 is 4.39 Å². The first-order valence-corrected chi connectivity index (χ1v) is 13.1. The molecule has 1 saturated heterocycles. The lowest BCUT2D eigenvalue weighted by Gasteiger charge is -2.36. The molecule has 37 heavy (non-hydrogen) atoms. The number of aliphatic hydroxyl groups excluding tert-OH is 1. The number of hydrogen-bond acceptors (Lipinski definition) is 8. The highest BCUT2D eigenvalue weighted by Gasteiger charge is 2.30. The van der Waals surface area contributed by atoms with Crippen LogP contribution >= 0.6 is 35.8 Å². The quantitative estimate of drug-likeness (QED) is 0.394. The van der Waals surface area contributed by atoms with Crippen molar-refractivity contribution in [3.05, 3.63) is 52.8 Å². The lowest BCUT2D eigenvalue weighted by molar-refractivity contribution is -0.113. The van der Waals surface area contributed by atoms with Gasteiger partial charge in [-0.2, -0.15) is 0 Å². The van der Waals surface area contributed by atoms with Crippen LogP contribution in [0.2, 0.25) is 5.02 Å². The van der Waals surface area contributed by atoms with E-state index in [0.717, 1.165) is 21.4 Å². The molecule has 2 aliphatic heterocycles. The van der Waals surface area contributed by atoms with Crippen LogP contribution in [0.15, 0.2) is 41.4 Å². The predicted octanol–water partition coefficient (Wildman–Crippen LogP) is 3.99. The number of nitrogens with one attached hydrogen (secondary N) is 2. The van der Waals surface area contributed by atoms with E-state index in [1.165, 1.54) is 11.8 Å². The molecule has 0 saturated carbocycles. The molecule has 8 nitrogen and oxygen atoms in total. The molecule has 2 aliphatic rings. The van der Waals surface area contributed by atoms with Gasteiger partial charge in [-0.1, -0.05) is 11.6 Å². The summed E-state index contributed by atoms with van der Waals surface area (Å²) in [4.78, 5) is 23.3. The first-order valence-electron chi connectivity index (χ1n) is 11.7. The molecule has 4 heterocycles. The number of carbonyl (C=O) groups is 1. The fourth-order valence-corrected chi connectivity index (χ4v) is 5.72. The number of amides is 1. The zero-order chi connectivity index (χ0) is 25.2.